The molecule has 0 saturated heterocycles. The number of benzene rings is 1. The molecule has 0 atom stereocenters. The van der Waals surface area contributed by atoms with Crippen LogP contribution in [0.15, 0.2) is 36.7 Å². The fourth-order valence-corrected chi connectivity index (χ4v) is 1.92. The number of anilines is 1. The van der Waals surface area contributed by atoms with E-state index in [1.165, 1.54) is 6.33 Å². The summed E-state index contributed by atoms with van der Waals surface area (Å²) in [6, 6.07) is 9.33. The number of rotatable bonds is 3. The molecule has 0 spiro atoms. The van der Waals surface area contributed by atoms with E-state index in [4.69, 9.17) is 16.3 Å². The third-order valence-corrected chi connectivity index (χ3v) is 2.94. The molecule has 21 heavy (non-hydrogen) atoms. The van der Waals surface area contributed by atoms with E-state index in [-0.39, 0.29) is 17.7 Å². The maximum atomic E-state index is 11.7. The molecule has 2 aromatic heterocycles. The van der Waals surface area contributed by atoms with Crippen LogP contribution in [0.1, 0.15) is 5.56 Å². The van der Waals surface area contributed by atoms with Crippen molar-refractivity contribution < 1.29 is 9.53 Å². The van der Waals surface area contributed by atoms with Crippen LogP contribution in [0.25, 0.3) is 11.2 Å². The van der Waals surface area contributed by atoms with Crippen LogP contribution in [0.4, 0.5) is 10.7 Å². The van der Waals surface area contributed by atoms with E-state index in [9.17, 15) is 4.79 Å². The lowest BCUT2D eigenvalue weighted by Gasteiger charge is -2.06. The first-order valence-corrected chi connectivity index (χ1v) is 6.44. The van der Waals surface area contributed by atoms with Gasteiger partial charge in [0, 0.05) is 0 Å². The molecule has 7 nitrogen and oxygen atoms in total. The van der Waals surface area contributed by atoms with Gasteiger partial charge in [-0.3, -0.25) is 5.32 Å². The number of aromatic nitrogens is 4. The number of hydrogen-bond donors (Lipinski definition) is 2. The summed E-state index contributed by atoms with van der Waals surface area (Å²) in [4.78, 5) is 26.4. The number of aromatic amines is 1. The normalized spacial score (nSPS) is 10.5. The van der Waals surface area contributed by atoms with Gasteiger partial charge in [-0.1, -0.05) is 41.9 Å². The highest BCUT2D eigenvalue weighted by Gasteiger charge is 2.11. The van der Waals surface area contributed by atoms with Crippen molar-refractivity contribution in [1.82, 2.24) is 19.9 Å². The summed E-state index contributed by atoms with van der Waals surface area (Å²) in [6.07, 6.45) is 0.785. The Morgan fingerprint density at radius 1 is 1.29 bits per heavy atom. The van der Waals surface area contributed by atoms with E-state index < -0.39 is 6.09 Å². The lowest BCUT2D eigenvalue weighted by Crippen LogP contribution is -2.15. The zero-order chi connectivity index (χ0) is 14.7. The Balaban J connectivity index is 1.66. The van der Waals surface area contributed by atoms with Crippen LogP contribution in [-0.4, -0.2) is 26.0 Å². The second-order valence-electron chi connectivity index (χ2n) is 4.13. The average Bonchev–Trinajstić information content (AvgIpc) is 2.95. The van der Waals surface area contributed by atoms with Crippen molar-refractivity contribution in [2.24, 2.45) is 0 Å². The topological polar surface area (TPSA) is 92.8 Å². The first-order chi connectivity index (χ1) is 10.2. The molecule has 0 unspecified atom stereocenters. The van der Waals surface area contributed by atoms with Gasteiger partial charge in [0.25, 0.3) is 0 Å². The Morgan fingerprint density at radius 3 is 2.90 bits per heavy atom. The minimum absolute atomic E-state index is 0.0395. The highest BCUT2D eigenvalue weighted by atomic mass is 35.5. The molecule has 8 heteroatoms. The lowest BCUT2D eigenvalue weighted by atomic mass is 10.2. The fraction of sp³-hybridized carbons (Fsp3) is 0.0769. The van der Waals surface area contributed by atoms with Crippen molar-refractivity contribution in [2.45, 2.75) is 6.61 Å². The van der Waals surface area contributed by atoms with Gasteiger partial charge in [-0.15, -0.1) is 0 Å². The molecule has 3 aromatic rings. The Labute approximate surface area is 124 Å². The van der Waals surface area contributed by atoms with Gasteiger partial charge < -0.3 is 9.72 Å². The summed E-state index contributed by atoms with van der Waals surface area (Å²) in [6.45, 7) is 0.158. The van der Waals surface area contributed by atoms with Crippen LogP contribution < -0.4 is 5.32 Å². The van der Waals surface area contributed by atoms with Gasteiger partial charge in [0.2, 0.25) is 5.95 Å². The monoisotopic (exact) mass is 303 g/mol. The molecule has 106 valence electrons. The average molecular weight is 304 g/mol. The summed E-state index contributed by atoms with van der Waals surface area (Å²) in [5, 5.41) is 2.59. The molecule has 0 aliphatic rings. The molecule has 0 aliphatic heterocycles. The minimum atomic E-state index is -0.662. The Kier molecular flexibility index (Phi) is 3.65. The maximum Gasteiger partial charge on any atom is 0.414 e. The number of nitrogens with zero attached hydrogens (tertiary/aromatic N) is 3. The number of carbonyl (C=O) groups is 1. The van der Waals surface area contributed by atoms with Gasteiger partial charge in [-0.05, 0) is 5.56 Å². The number of fused-ring (bicyclic) bond motifs is 1. The van der Waals surface area contributed by atoms with Crippen molar-refractivity contribution >= 4 is 34.8 Å². The number of ether oxygens (including phenoxy) is 1. The summed E-state index contributed by atoms with van der Waals surface area (Å²) < 4.78 is 5.06. The van der Waals surface area contributed by atoms with Gasteiger partial charge in [0.15, 0.2) is 10.8 Å². The molecule has 0 radical (unpaired) electrons. The Hall–Kier alpha value is -2.67. The second kappa shape index (κ2) is 5.76. The van der Waals surface area contributed by atoms with Crippen LogP contribution in [0.3, 0.4) is 0 Å². The molecule has 2 N–H and O–H groups in total. The molecule has 3 rings (SSSR count). The van der Waals surface area contributed by atoms with Crippen molar-refractivity contribution in [3.05, 3.63) is 47.4 Å². The van der Waals surface area contributed by atoms with Gasteiger partial charge >= 0.3 is 6.09 Å². The standard InChI is InChI=1S/C13H10ClN5O2/c14-10-9-11(16-7-15-9)18-12(17-10)19-13(20)21-6-8-4-2-1-3-5-8/h1-5,7H,6H2,(H2,15,16,17,18,19,20). The maximum absolute atomic E-state index is 11.7. The number of carbonyl (C=O) groups excluding carboxylic acids is 1. The highest BCUT2D eigenvalue weighted by Crippen LogP contribution is 2.18. The minimum Gasteiger partial charge on any atom is -0.444 e. The largest absolute Gasteiger partial charge is 0.444 e. The smallest absolute Gasteiger partial charge is 0.414 e. The van der Waals surface area contributed by atoms with Gasteiger partial charge in [0.05, 0.1) is 6.33 Å². The molecule has 2 heterocycles. The quantitative estimate of drug-likeness (QED) is 0.726. The highest BCUT2D eigenvalue weighted by molar-refractivity contribution is 6.33. The number of hydrogen-bond acceptors (Lipinski definition) is 5. The van der Waals surface area contributed by atoms with E-state index in [1.807, 2.05) is 30.3 Å². The molecule has 0 aliphatic carbocycles. The first-order valence-electron chi connectivity index (χ1n) is 6.07. The summed E-state index contributed by atoms with van der Waals surface area (Å²) >= 11 is 5.95. The number of H-pyrrole nitrogens is 1. The molecule has 0 bridgehead atoms. The zero-order valence-corrected chi connectivity index (χ0v) is 11.5. The Bertz CT molecular complexity index is 775. The van der Waals surface area contributed by atoms with Crippen LogP contribution in [0.5, 0.6) is 0 Å². The molecule has 1 amide bonds. The van der Waals surface area contributed by atoms with E-state index in [2.05, 4.69) is 25.3 Å². The fourth-order valence-electron chi connectivity index (χ4n) is 1.70. The van der Waals surface area contributed by atoms with Crippen molar-refractivity contribution in [1.29, 1.82) is 0 Å². The lowest BCUT2D eigenvalue weighted by molar-refractivity contribution is 0.155. The molecular weight excluding hydrogens is 294 g/mol. The molecule has 0 fully saturated rings. The van der Waals surface area contributed by atoms with Crippen molar-refractivity contribution in [3.8, 4) is 0 Å². The summed E-state index contributed by atoms with van der Waals surface area (Å²) in [7, 11) is 0. The number of nitrogens with one attached hydrogen (secondary N) is 2. The Morgan fingerprint density at radius 2 is 2.10 bits per heavy atom. The van der Waals surface area contributed by atoms with E-state index in [0.717, 1.165) is 5.56 Å². The van der Waals surface area contributed by atoms with Crippen LogP contribution in [-0.2, 0) is 11.3 Å². The number of imidazole rings is 1. The third-order valence-electron chi connectivity index (χ3n) is 2.67. The van der Waals surface area contributed by atoms with Gasteiger partial charge in [-0.25, -0.2) is 9.78 Å². The molecule has 1 aromatic carbocycles. The second-order valence-corrected chi connectivity index (χ2v) is 4.48. The summed E-state index contributed by atoms with van der Waals surface area (Å²) in [5.74, 6) is 0.0395. The van der Waals surface area contributed by atoms with E-state index >= 15 is 0 Å². The van der Waals surface area contributed by atoms with E-state index in [1.54, 1.807) is 0 Å². The zero-order valence-electron chi connectivity index (χ0n) is 10.7. The predicted molar refractivity (Wildman–Crippen MR) is 76.9 cm³/mol. The van der Waals surface area contributed by atoms with Crippen LogP contribution >= 0.6 is 11.6 Å². The SMILES string of the molecule is O=C(Nc1nc(Cl)c2[nH]cnc2n1)OCc1ccccc1. The van der Waals surface area contributed by atoms with Crippen molar-refractivity contribution in [2.75, 3.05) is 5.32 Å². The third kappa shape index (κ3) is 3.09. The number of amides is 1. The summed E-state index contributed by atoms with van der Waals surface area (Å²) in [5.41, 5.74) is 1.77. The molecular formula is C13H10ClN5O2. The predicted octanol–water partition coefficient (Wildman–Crippen LogP) is 2.76. The van der Waals surface area contributed by atoms with Crippen LogP contribution in [0, 0.1) is 0 Å². The molecule has 0 saturated carbocycles. The van der Waals surface area contributed by atoms with Crippen molar-refractivity contribution in [3.63, 3.8) is 0 Å². The van der Waals surface area contributed by atoms with Gasteiger partial charge in [0.1, 0.15) is 12.1 Å². The first kappa shape index (κ1) is 13.3. The number of halogens is 1. The van der Waals surface area contributed by atoms with Gasteiger partial charge in [-0.2, -0.15) is 9.97 Å². The van der Waals surface area contributed by atoms with Crippen LogP contribution in [0.2, 0.25) is 5.15 Å². The van der Waals surface area contributed by atoms with E-state index in [0.29, 0.717) is 11.2 Å².